The summed E-state index contributed by atoms with van der Waals surface area (Å²) in [5, 5.41) is 1.93. The van der Waals surface area contributed by atoms with Gasteiger partial charge in [0, 0.05) is 18.2 Å². The molecule has 0 amide bonds. The summed E-state index contributed by atoms with van der Waals surface area (Å²) in [7, 11) is -3.42. The van der Waals surface area contributed by atoms with Crippen molar-refractivity contribution in [3.63, 3.8) is 0 Å². The molecular weight excluding hydrogens is 288 g/mol. The van der Waals surface area contributed by atoms with E-state index in [-0.39, 0.29) is 12.4 Å². The third-order valence-corrected chi connectivity index (χ3v) is 4.66. The molecule has 0 aliphatic heterocycles. The number of pyridine rings is 1. The molecule has 0 atom stereocenters. The van der Waals surface area contributed by atoms with Crippen molar-refractivity contribution in [3.8, 4) is 0 Å². The smallest absolute Gasteiger partial charge is 0.236 e. The molecule has 1 saturated carbocycles. The summed E-state index contributed by atoms with van der Waals surface area (Å²) >= 11 is 0. The zero-order chi connectivity index (χ0) is 14.7. The van der Waals surface area contributed by atoms with Crippen molar-refractivity contribution in [3.05, 3.63) is 36.5 Å². The quantitative estimate of drug-likeness (QED) is 0.798. The maximum atomic E-state index is 12.0. The van der Waals surface area contributed by atoms with Gasteiger partial charge in [-0.3, -0.25) is 4.72 Å². The van der Waals surface area contributed by atoms with E-state index in [2.05, 4.69) is 9.71 Å². The number of aromatic nitrogens is 1. The third kappa shape index (κ3) is 4.15. The average molecular weight is 306 g/mol. The zero-order valence-corrected chi connectivity index (χ0v) is 12.5. The number of sulfonamides is 1. The second-order valence-electron chi connectivity index (χ2n) is 5.36. The first-order valence-electron chi connectivity index (χ1n) is 7.05. The fraction of sp³-hybridized carbons (Fsp3) is 0.400. The lowest BCUT2D eigenvalue weighted by atomic mass is 10.2. The molecule has 21 heavy (non-hydrogen) atoms. The molecule has 1 aliphatic rings. The van der Waals surface area contributed by atoms with Gasteiger partial charge >= 0.3 is 0 Å². The molecule has 1 fully saturated rings. The Balaban J connectivity index is 1.59. The van der Waals surface area contributed by atoms with E-state index in [0.717, 1.165) is 10.8 Å². The summed E-state index contributed by atoms with van der Waals surface area (Å²) in [6.07, 6.45) is 4.06. The minimum atomic E-state index is -3.42. The van der Waals surface area contributed by atoms with Gasteiger partial charge < -0.3 is 4.74 Å². The highest BCUT2D eigenvalue weighted by Crippen LogP contribution is 2.28. The van der Waals surface area contributed by atoms with Gasteiger partial charge in [-0.2, -0.15) is 0 Å². The van der Waals surface area contributed by atoms with Crippen LogP contribution in [0.4, 0.5) is 5.82 Å². The van der Waals surface area contributed by atoms with Crippen molar-refractivity contribution in [1.29, 1.82) is 0 Å². The second-order valence-corrected chi connectivity index (χ2v) is 7.20. The summed E-state index contributed by atoms with van der Waals surface area (Å²) < 4.78 is 31.8. The number of hydrogen-bond acceptors (Lipinski definition) is 4. The largest absolute Gasteiger partial charge is 0.380 e. The van der Waals surface area contributed by atoms with Gasteiger partial charge in [-0.05, 0) is 30.2 Å². The summed E-state index contributed by atoms with van der Waals surface area (Å²) in [5.74, 6) is 0.938. The Bertz CT molecular complexity index is 727. The van der Waals surface area contributed by atoms with E-state index in [1.165, 1.54) is 12.8 Å². The Hall–Kier alpha value is -1.66. The van der Waals surface area contributed by atoms with Crippen molar-refractivity contribution in [2.75, 3.05) is 23.7 Å². The molecule has 3 rings (SSSR count). The van der Waals surface area contributed by atoms with E-state index >= 15 is 0 Å². The molecule has 1 aromatic carbocycles. The van der Waals surface area contributed by atoms with Crippen molar-refractivity contribution in [2.24, 2.45) is 5.92 Å². The highest BCUT2D eigenvalue weighted by atomic mass is 32.2. The lowest BCUT2D eigenvalue weighted by Gasteiger charge is -2.08. The molecule has 2 aromatic rings. The molecule has 0 radical (unpaired) electrons. The number of benzene rings is 1. The molecule has 112 valence electrons. The fourth-order valence-corrected chi connectivity index (χ4v) is 2.92. The van der Waals surface area contributed by atoms with Crippen LogP contribution < -0.4 is 4.72 Å². The van der Waals surface area contributed by atoms with Gasteiger partial charge in [0.1, 0.15) is 5.82 Å². The van der Waals surface area contributed by atoms with Crippen LogP contribution in [0.5, 0.6) is 0 Å². The first kappa shape index (κ1) is 14.3. The Labute approximate surface area is 124 Å². The Kier molecular flexibility index (Phi) is 4.07. The molecule has 0 unspecified atom stereocenters. The van der Waals surface area contributed by atoms with Crippen LogP contribution in [0.15, 0.2) is 36.5 Å². The van der Waals surface area contributed by atoms with Crippen LogP contribution >= 0.6 is 0 Å². The van der Waals surface area contributed by atoms with Crippen LogP contribution in [0.1, 0.15) is 12.8 Å². The lowest BCUT2D eigenvalue weighted by molar-refractivity contribution is 0.138. The number of rotatable bonds is 7. The molecule has 0 bridgehead atoms. The minimum absolute atomic E-state index is 0.0474. The number of fused-ring (bicyclic) bond motifs is 1. The first-order chi connectivity index (χ1) is 10.1. The van der Waals surface area contributed by atoms with Gasteiger partial charge in [-0.1, -0.05) is 24.3 Å². The summed E-state index contributed by atoms with van der Waals surface area (Å²) in [6, 6.07) is 9.43. The van der Waals surface area contributed by atoms with Crippen molar-refractivity contribution < 1.29 is 13.2 Å². The van der Waals surface area contributed by atoms with E-state index < -0.39 is 10.0 Å². The van der Waals surface area contributed by atoms with Gasteiger partial charge in [0.05, 0.1) is 12.4 Å². The molecule has 1 heterocycles. The molecule has 0 saturated heterocycles. The number of nitrogens with one attached hydrogen (secondary N) is 1. The minimum Gasteiger partial charge on any atom is -0.380 e. The van der Waals surface area contributed by atoms with Crippen LogP contribution in [-0.2, 0) is 14.8 Å². The Morgan fingerprint density at radius 1 is 1.24 bits per heavy atom. The first-order valence-corrected chi connectivity index (χ1v) is 8.71. The maximum absolute atomic E-state index is 12.0. The Morgan fingerprint density at radius 3 is 2.76 bits per heavy atom. The fourth-order valence-electron chi connectivity index (χ4n) is 2.05. The van der Waals surface area contributed by atoms with Crippen molar-refractivity contribution in [1.82, 2.24) is 4.98 Å². The normalized spacial score (nSPS) is 15.2. The standard InChI is InChI=1S/C15H18N2O3S/c18-21(19,8-7-20-11-12-5-6-12)17-15-9-13-3-1-2-4-14(13)10-16-15/h1-4,9-10,12H,5-8,11H2,(H,16,17). The monoisotopic (exact) mass is 306 g/mol. The molecule has 6 heteroatoms. The number of nitrogens with zero attached hydrogens (tertiary/aromatic N) is 1. The number of hydrogen-bond donors (Lipinski definition) is 1. The van der Waals surface area contributed by atoms with Gasteiger partial charge in [-0.25, -0.2) is 13.4 Å². The zero-order valence-electron chi connectivity index (χ0n) is 11.7. The van der Waals surface area contributed by atoms with E-state index in [4.69, 9.17) is 4.74 Å². The van der Waals surface area contributed by atoms with Crippen LogP contribution in [-0.4, -0.2) is 32.4 Å². The van der Waals surface area contributed by atoms with Crippen LogP contribution in [0.25, 0.3) is 10.8 Å². The predicted molar refractivity (Wildman–Crippen MR) is 82.7 cm³/mol. The highest BCUT2D eigenvalue weighted by molar-refractivity contribution is 7.92. The molecule has 5 nitrogen and oxygen atoms in total. The predicted octanol–water partition coefficient (Wildman–Crippen LogP) is 2.40. The van der Waals surface area contributed by atoms with Gasteiger partial charge in [0.15, 0.2) is 0 Å². The van der Waals surface area contributed by atoms with Gasteiger partial charge in [0.2, 0.25) is 10.0 Å². The second kappa shape index (κ2) is 5.99. The lowest BCUT2D eigenvalue weighted by Crippen LogP contribution is -2.21. The summed E-state index contributed by atoms with van der Waals surface area (Å²) in [6.45, 7) is 0.892. The summed E-state index contributed by atoms with van der Waals surface area (Å²) in [4.78, 5) is 4.13. The van der Waals surface area contributed by atoms with E-state index in [1.807, 2.05) is 24.3 Å². The van der Waals surface area contributed by atoms with E-state index in [9.17, 15) is 8.42 Å². The molecule has 1 N–H and O–H groups in total. The van der Waals surface area contributed by atoms with E-state index in [0.29, 0.717) is 18.3 Å². The number of ether oxygens (including phenoxy) is 1. The van der Waals surface area contributed by atoms with E-state index in [1.54, 1.807) is 12.3 Å². The third-order valence-electron chi connectivity index (χ3n) is 3.44. The maximum Gasteiger partial charge on any atom is 0.236 e. The molecule has 1 aliphatic carbocycles. The highest BCUT2D eigenvalue weighted by Gasteiger charge is 2.21. The van der Waals surface area contributed by atoms with Gasteiger partial charge in [0.25, 0.3) is 0 Å². The molecule has 0 spiro atoms. The number of anilines is 1. The summed E-state index contributed by atoms with van der Waals surface area (Å²) in [5.41, 5.74) is 0. The SMILES string of the molecule is O=S(=O)(CCOCC1CC1)Nc1cc2ccccc2cn1. The average Bonchev–Trinajstić information content (AvgIpc) is 3.27. The van der Waals surface area contributed by atoms with Crippen LogP contribution in [0.3, 0.4) is 0 Å². The molecular formula is C15H18N2O3S. The van der Waals surface area contributed by atoms with Crippen LogP contribution in [0, 0.1) is 5.92 Å². The van der Waals surface area contributed by atoms with Crippen molar-refractivity contribution in [2.45, 2.75) is 12.8 Å². The van der Waals surface area contributed by atoms with Crippen molar-refractivity contribution >= 4 is 26.6 Å². The van der Waals surface area contributed by atoms with Gasteiger partial charge in [-0.15, -0.1) is 0 Å². The Morgan fingerprint density at radius 2 is 2.00 bits per heavy atom. The van der Waals surface area contributed by atoms with Crippen LogP contribution in [0.2, 0.25) is 0 Å². The molecule has 1 aromatic heterocycles. The topological polar surface area (TPSA) is 68.3 Å².